The van der Waals surface area contributed by atoms with E-state index < -0.39 is 23.6 Å². The van der Waals surface area contributed by atoms with Crippen molar-refractivity contribution in [3.05, 3.63) is 59.9 Å². The van der Waals surface area contributed by atoms with E-state index in [1.165, 1.54) is 24.3 Å². The molecule has 6 heteroatoms. The normalized spacial score (nSPS) is 12.0. The van der Waals surface area contributed by atoms with Crippen LogP contribution in [0.15, 0.2) is 42.5 Å². The van der Waals surface area contributed by atoms with Crippen LogP contribution < -0.4 is 9.47 Å². The van der Waals surface area contributed by atoms with Gasteiger partial charge in [0.05, 0.1) is 0 Å². The van der Waals surface area contributed by atoms with E-state index in [1.807, 2.05) is 0 Å². The molecule has 0 amide bonds. The Kier molecular flexibility index (Phi) is 5.05. The summed E-state index contributed by atoms with van der Waals surface area (Å²) in [7, 11) is 0. The topological polar surface area (TPSA) is 38.7 Å². The summed E-state index contributed by atoms with van der Waals surface area (Å²) in [5.41, 5.74) is 0. The van der Waals surface area contributed by atoms with E-state index in [-0.39, 0.29) is 19.0 Å². The number of rotatable bonds is 6. The van der Waals surface area contributed by atoms with Crippen molar-refractivity contribution >= 4 is 0 Å². The van der Waals surface area contributed by atoms with Gasteiger partial charge in [-0.15, -0.1) is 0 Å². The second kappa shape index (κ2) is 6.99. The lowest BCUT2D eigenvalue weighted by atomic mass is 10.3. The lowest BCUT2D eigenvalue weighted by Crippen LogP contribution is -2.25. The van der Waals surface area contributed by atoms with Crippen LogP contribution in [0.25, 0.3) is 0 Å². The SMILES string of the molecule is OC(COc1ccc(F)cc1)COc1cc(F)ccc1F. The van der Waals surface area contributed by atoms with Gasteiger partial charge < -0.3 is 14.6 Å². The van der Waals surface area contributed by atoms with E-state index in [0.29, 0.717) is 5.75 Å². The smallest absolute Gasteiger partial charge is 0.165 e. The summed E-state index contributed by atoms with van der Waals surface area (Å²) in [4.78, 5) is 0. The third-order valence-electron chi connectivity index (χ3n) is 2.58. The molecule has 0 heterocycles. The molecular weight excluding hydrogens is 285 g/mol. The molecule has 0 saturated carbocycles. The minimum Gasteiger partial charge on any atom is -0.491 e. The summed E-state index contributed by atoms with van der Waals surface area (Å²) in [6.45, 7) is -0.385. The number of halogens is 3. The number of aliphatic hydroxyl groups excluding tert-OH is 1. The van der Waals surface area contributed by atoms with E-state index in [0.717, 1.165) is 18.2 Å². The van der Waals surface area contributed by atoms with Crippen LogP contribution in [-0.2, 0) is 0 Å². The summed E-state index contributed by atoms with van der Waals surface area (Å²) >= 11 is 0. The number of benzene rings is 2. The molecule has 2 aromatic rings. The van der Waals surface area contributed by atoms with Gasteiger partial charge in [0.1, 0.15) is 36.7 Å². The van der Waals surface area contributed by atoms with Crippen molar-refractivity contribution in [2.45, 2.75) is 6.10 Å². The monoisotopic (exact) mass is 298 g/mol. The summed E-state index contributed by atoms with van der Waals surface area (Å²) in [5, 5.41) is 9.65. The van der Waals surface area contributed by atoms with Gasteiger partial charge in [0, 0.05) is 6.07 Å². The molecule has 21 heavy (non-hydrogen) atoms. The van der Waals surface area contributed by atoms with Crippen LogP contribution in [-0.4, -0.2) is 24.4 Å². The van der Waals surface area contributed by atoms with Crippen molar-refractivity contribution in [3.8, 4) is 11.5 Å². The highest BCUT2D eigenvalue weighted by Gasteiger charge is 2.10. The fourth-order valence-electron chi connectivity index (χ4n) is 1.55. The first kappa shape index (κ1) is 15.2. The molecule has 0 aliphatic carbocycles. The molecule has 1 N–H and O–H groups in total. The van der Waals surface area contributed by atoms with Crippen LogP contribution in [0.5, 0.6) is 11.5 Å². The predicted molar refractivity (Wildman–Crippen MR) is 69.8 cm³/mol. The quantitative estimate of drug-likeness (QED) is 0.891. The second-order valence-corrected chi connectivity index (χ2v) is 4.30. The number of hydrogen-bond donors (Lipinski definition) is 1. The minimum atomic E-state index is -1.04. The molecule has 0 bridgehead atoms. The molecule has 1 atom stereocenters. The number of aliphatic hydroxyl groups is 1. The van der Waals surface area contributed by atoms with Gasteiger partial charge in [0.15, 0.2) is 11.6 Å². The van der Waals surface area contributed by atoms with Crippen molar-refractivity contribution in [1.82, 2.24) is 0 Å². The van der Waals surface area contributed by atoms with Crippen molar-refractivity contribution < 1.29 is 27.8 Å². The van der Waals surface area contributed by atoms with E-state index in [9.17, 15) is 18.3 Å². The number of ether oxygens (including phenoxy) is 2. The van der Waals surface area contributed by atoms with E-state index >= 15 is 0 Å². The number of hydrogen-bond acceptors (Lipinski definition) is 3. The molecular formula is C15H13F3O3. The summed E-state index contributed by atoms with van der Waals surface area (Å²) in [6.07, 6.45) is -1.04. The Morgan fingerprint density at radius 1 is 0.857 bits per heavy atom. The van der Waals surface area contributed by atoms with Gasteiger partial charge >= 0.3 is 0 Å². The van der Waals surface area contributed by atoms with Crippen molar-refractivity contribution in [2.75, 3.05) is 13.2 Å². The predicted octanol–water partition coefficient (Wildman–Crippen LogP) is 2.92. The molecule has 2 rings (SSSR count). The summed E-state index contributed by atoms with van der Waals surface area (Å²) in [5.74, 6) is -1.65. The zero-order valence-corrected chi connectivity index (χ0v) is 10.9. The lowest BCUT2D eigenvalue weighted by molar-refractivity contribution is 0.0611. The molecule has 0 saturated heterocycles. The zero-order valence-electron chi connectivity index (χ0n) is 10.9. The summed E-state index contributed by atoms with van der Waals surface area (Å²) < 4.78 is 49.0. The van der Waals surface area contributed by atoms with Gasteiger partial charge in [0.2, 0.25) is 0 Å². The fourth-order valence-corrected chi connectivity index (χ4v) is 1.55. The third kappa shape index (κ3) is 4.68. The van der Waals surface area contributed by atoms with Crippen LogP contribution >= 0.6 is 0 Å². The maximum absolute atomic E-state index is 13.3. The molecule has 0 aromatic heterocycles. The molecule has 1 unspecified atom stereocenters. The highest BCUT2D eigenvalue weighted by Crippen LogP contribution is 2.18. The third-order valence-corrected chi connectivity index (χ3v) is 2.58. The highest BCUT2D eigenvalue weighted by atomic mass is 19.1. The van der Waals surface area contributed by atoms with Crippen LogP contribution in [0, 0.1) is 17.5 Å². The average molecular weight is 298 g/mol. The van der Waals surface area contributed by atoms with Gasteiger partial charge in [-0.2, -0.15) is 0 Å². The Balaban J connectivity index is 1.80. The van der Waals surface area contributed by atoms with Crippen LogP contribution in [0.1, 0.15) is 0 Å². The molecule has 0 aliphatic rings. The molecule has 0 spiro atoms. The minimum absolute atomic E-state index is 0.122. The second-order valence-electron chi connectivity index (χ2n) is 4.30. The van der Waals surface area contributed by atoms with E-state index in [4.69, 9.17) is 9.47 Å². The van der Waals surface area contributed by atoms with Crippen molar-refractivity contribution in [1.29, 1.82) is 0 Å². The Morgan fingerprint density at radius 2 is 1.48 bits per heavy atom. The van der Waals surface area contributed by atoms with Gasteiger partial charge in [-0.3, -0.25) is 0 Å². The van der Waals surface area contributed by atoms with Crippen LogP contribution in [0.2, 0.25) is 0 Å². The van der Waals surface area contributed by atoms with Crippen molar-refractivity contribution in [2.24, 2.45) is 0 Å². The van der Waals surface area contributed by atoms with Crippen LogP contribution in [0.3, 0.4) is 0 Å². The van der Waals surface area contributed by atoms with Gasteiger partial charge in [0.25, 0.3) is 0 Å². The maximum atomic E-state index is 13.3. The first-order chi connectivity index (χ1) is 10.0. The molecule has 0 radical (unpaired) electrons. The summed E-state index contributed by atoms with van der Waals surface area (Å²) in [6, 6.07) is 8.07. The van der Waals surface area contributed by atoms with Crippen molar-refractivity contribution in [3.63, 3.8) is 0 Å². The Bertz CT molecular complexity index is 587. The molecule has 2 aromatic carbocycles. The molecule has 0 aliphatic heterocycles. The Morgan fingerprint density at radius 3 is 2.19 bits per heavy atom. The van der Waals surface area contributed by atoms with Gasteiger partial charge in [-0.25, -0.2) is 13.2 Å². The lowest BCUT2D eigenvalue weighted by Gasteiger charge is -2.14. The van der Waals surface area contributed by atoms with Gasteiger partial charge in [-0.05, 0) is 36.4 Å². The standard InChI is InChI=1S/C15H13F3O3/c16-10-1-4-13(5-2-10)20-8-12(19)9-21-15-7-11(17)3-6-14(15)18/h1-7,12,19H,8-9H2. The Hall–Kier alpha value is -2.21. The largest absolute Gasteiger partial charge is 0.491 e. The highest BCUT2D eigenvalue weighted by molar-refractivity contribution is 5.25. The van der Waals surface area contributed by atoms with E-state index in [2.05, 4.69) is 0 Å². The molecule has 0 fully saturated rings. The van der Waals surface area contributed by atoms with Gasteiger partial charge in [-0.1, -0.05) is 0 Å². The first-order valence-electron chi connectivity index (χ1n) is 6.19. The fraction of sp³-hybridized carbons (Fsp3) is 0.200. The molecule has 112 valence electrons. The van der Waals surface area contributed by atoms with E-state index in [1.54, 1.807) is 0 Å². The first-order valence-corrected chi connectivity index (χ1v) is 6.19. The zero-order chi connectivity index (χ0) is 15.2. The average Bonchev–Trinajstić information content (AvgIpc) is 2.47. The van der Waals surface area contributed by atoms with Crippen LogP contribution in [0.4, 0.5) is 13.2 Å². The Labute approximate surface area is 119 Å². The molecule has 3 nitrogen and oxygen atoms in total. The maximum Gasteiger partial charge on any atom is 0.165 e.